The molecule has 1 aliphatic rings. The SMILES string of the molecule is O=C(NCCNC(=O)C1CCN(C(=O)c2cc(Cl)cc(Cl)c2)CC1)c1ccccc1. The van der Waals surface area contributed by atoms with Gasteiger partial charge in [-0.3, -0.25) is 14.4 Å². The van der Waals surface area contributed by atoms with Crippen LogP contribution in [-0.4, -0.2) is 48.8 Å². The molecule has 158 valence electrons. The van der Waals surface area contributed by atoms with Crippen LogP contribution in [0.1, 0.15) is 33.6 Å². The molecular weight excluding hydrogens is 425 g/mol. The van der Waals surface area contributed by atoms with Crippen LogP contribution in [0.25, 0.3) is 0 Å². The first-order valence-corrected chi connectivity index (χ1v) is 10.6. The molecule has 0 atom stereocenters. The van der Waals surface area contributed by atoms with Crippen LogP contribution in [0.15, 0.2) is 48.5 Å². The van der Waals surface area contributed by atoms with Gasteiger partial charge in [-0.15, -0.1) is 0 Å². The molecule has 1 saturated heterocycles. The van der Waals surface area contributed by atoms with Crippen molar-refractivity contribution >= 4 is 40.9 Å². The van der Waals surface area contributed by atoms with Crippen molar-refractivity contribution in [3.63, 3.8) is 0 Å². The molecule has 3 amide bonds. The van der Waals surface area contributed by atoms with E-state index in [2.05, 4.69) is 10.6 Å². The van der Waals surface area contributed by atoms with Gasteiger partial charge in [-0.25, -0.2) is 0 Å². The largest absolute Gasteiger partial charge is 0.354 e. The lowest BCUT2D eigenvalue weighted by atomic mass is 9.95. The monoisotopic (exact) mass is 447 g/mol. The number of hydrogen-bond acceptors (Lipinski definition) is 3. The number of benzene rings is 2. The number of rotatable bonds is 6. The van der Waals surface area contributed by atoms with E-state index < -0.39 is 0 Å². The van der Waals surface area contributed by atoms with E-state index in [1.54, 1.807) is 47.4 Å². The lowest BCUT2D eigenvalue weighted by Crippen LogP contribution is -2.44. The maximum Gasteiger partial charge on any atom is 0.253 e. The molecule has 1 aliphatic heterocycles. The molecule has 3 rings (SSSR count). The van der Waals surface area contributed by atoms with Crippen molar-refractivity contribution in [2.24, 2.45) is 5.92 Å². The molecule has 1 fully saturated rings. The molecular formula is C22H23Cl2N3O3. The summed E-state index contributed by atoms with van der Waals surface area (Å²) in [4.78, 5) is 38.7. The Bertz CT molecular complexity index is 893. The molecule has 0 radical (unpaired) electrons. The van der Waals surface area contributed by atoms with Crippen LogP contribution in [0.3, 0.4) is 0 Å². The van der Waals surface area contributed by atoms with Gasteiger partial charge in [0.25, 0.3) is 11.8 Å². The Balaban J connectivity index is 1.39. The summed E-state index contributed by atoms with van der Waals surface area (Å²) in [6.45, 7) is 1.70. The number of halogens is 2. The Labute approximate surface area is 185 Å². The third-order valence-corrected chi connectivity index (χ3v) is 5.44. The van der Waals surface area contributed by atoms with Crippen molar-refractivity contribution in [2.45, 2.75) is 12.8 Å². The van der Waals surface area contributed by atoms with Crippen LogP contribution in [0.2, 0.25) is 10.0 Å². The predicted octanol–water partition coefficient (Wildman–Crippen LogP) is 3.39. The molecule has 0 unspecified atom stereocenters. The van der Waals surface area contributed by atoms with E-state index in [4.69, 9.17) is 23.2 Å². The van der Waals surface area contributed by atoms with Gasteiger partial charge < -0.3 is 15.5 Å². The Morgan fingerprint density at radius 3 is 2.10 bits per heavy atom. The number of piperidine rings is 1. The van der Waals surface area contributed by atoms with Gasteiger partial charge in [0.05, 0.1) is 0 Å². The number of carbonyl (C=O) groups is 3. The highest BCUT2D eigenvalue weighted by atomic mass is 35.5. The summed E-state index contributed by atoms with van der Waals surface area (Å²) in [5.74, 6) is -0.511. The number of amides is 3. The van der Waals surface area contributed by atoms with E-state index >= 15 is 0 Å². The lowest BCUT2D eigenvalue weighted by Gasteiger charge is -2.31. The highest BCUT2D eigenvalue weighted by molar-refractivity contribution is 6.35. The van der Waals surface area contributed by atoms with Gasteiger partial charge in [-0.1, -0.05) is 41.4 Å². The zero-order chi connectivity index (χ0) is 21.5. The fourth-order valence-electron chi connectivity index (χ4n) is 3.40. The van der Waals surface area contributed by atoms with Crippen molar-refractivity contribution in [1.82, 2.24) is 15.5 Å². The van der Waals surface area contributed by atoms with Crippen molar-refractivity contribution in [3.05, 3.63) is 69.7 Å². The van der Waals surface area contributed by atoms with Crippen LogP contribution < -0.4 is 10.6 Å². The molecule has 2 N–H and O–H groups in total. The van der Waals surface area contributed by atoms with Gasteiger partial charge in [0.1, 0.15) is 0 Å². The van der Waals surface area contributed by atoms with Gasteiger partial charge in [0.2, 0.25) is 5.91 Å². The van der Waals surface area contributed by atoms with Gasteiger partial charge in [0.15, 0.2) is 0 Å². The molecule has 8 heteroatoms. The van der Waals surface area contributed by atoms with Crippen molar-refractivity contribution in [1.29, 1.82) is 0 Å². The van der Waals surface area contributed by atoms with Gasteiger partial charge in [-0.2, -0.15) is 0 Å². The first-order chi connectivity index (χ1) is 14.4. The first-order valence-electron chi connectivity index (χ1n) is 9.80. The molecule has 6 nitrogen and oxygen atoms in total. The molecule has 0 spiro atoms. The maximum absolute atomic E-state index is 12.6. The summed E-state index contributed by atoms with van der Waals surface area (Å²) >= 11 is 12.0. The van der Waals surface area contributed by atoms with Crippen LogP contribution in [0.4, 0.5) is 0 Å². The topological polar surface area (TPSA) is 78.5 Å². The summed E-state index contributed by atoms with van der Waals surface area (Å²) in [6.07, 6.45) is 1.17. The van der Waals surface area contributed by atoms with Gasteiger partial charge >= 0.3 is 0 Å². The fourth-order valence-corrected chi connectivity index (χ4v) is 3.93. The lowest BCUT2D eigenvalue weighted by molar-refractivity contribution is -0.126. The highest BCUT2D eigenvalue weighted by Gasteiger charge is 2.27. The average Bonchev–Trinajstić information content (AvgIpc) is 2.76. The number of nitrogens with one attached hydrogen (secondary N) is 2. The Morgan fingerprint density at radius 1 is 0.867 bits per heavy atom. The molecule has 0 aromatic heterocycles. The van der Waals surface area contributed by atoms with Crippen molar-refractivity contribution < 1.29 is 14.4 Å². The first kappa shape index (κ1) is 22.1. The second-order valence-corrected chi connectivity index (χ2v) is 8.01. The second kappa shape index (κ2) is 10.5. The number of nitrogens with zero attached hydrogens (tertiary/aromatic N) is 1. The minimum atomic E-state index is -0.169. The zero-order valence-electron chi connectivity index (χ0n) is 16.4. The van der Waals surface area contributed by atoms with E-state index in [1.807, 2.05) is 6.07 Å². The zero-order valence-corrected chi connectivity index (χ0v) is 17.9. The van der Waals surface area contributed by atoms with Crippen molar-refractivity contribution in [3.8, 4) is 0 Å². The average molecular weight is 448 g/mol. The minimum Gasteiger partial charge on any atom is -0.354 e. The summed E-state index contributed by atoms with van der Waals surface area (Å²) in [5.41, 5.74) is 1.03. The summed E-state index contributed by atoms with van der Waals surface area (Å²) in [6, 6.07) is 13.7. The van der Waals surface area contributed by atoms with Gasteiger partial charge in [-0.05, 0) is 43.2 Å². The van der Waals surface area contributed by atoms with E-state index in [0.717, 1.165) is 0 Å². The van der Waals surface area contributed by atoms with E-state index in [-0.39, 0.29) is 23.6 Å². The van der Waals surface area contributed by atoms with Crippen LogP contribution >= 0.6 is 23.2 Å². The van der Waals surface area contributed by atoms with E-state index in [9.17, 15) is 14.4 Å². The summed E-state index contributed by atoms with van der Waals surface area (Å²) in [7, 11) is 0. The summed E-state index contributed by atoms with van der Waals surface area (Å²) < 4.78 is 0. The smallest absolute Gasteiger partial charge is 0.253 e. The van der Waals surface area contributed by atoms with Crippen LogP contribution in [0, 0.1) is 5.92 Å². The highest BCUT2D eigenvalue weighted by Crippen LogP contribution is 2.23. The maximum atomic E-state index is 12.6. The van der Waals surface area contributed by atoms with Gasteiger partial charge in [0, 0.05) is 53.3 Å². The number of likely N-dealkylation sites (tertiary alicyclic amines) is 1. The third kappa shape index (κ3) is 5.97. The van der Waals surface area contributed by atoms with E-state index in [0.29, 0.717) is 60.2 Å². The fraction of sp³-hybridized carbons (Fsp3) is 0.318. The van der Waals surface area contributed by atoms with Crippen LogP contribution in [-0.2, 0) is 4.79 Å². The normalized spacial score (nSPS) is 14.3. The Morgan fingerprint density at radius 2 is 1.47 bits per heavy atom. The number of carbonyl (C=O) groups excluding carboxylic acids is 3. The van der Waals surface area contributed by atoms with Crippen LogP contribution in [0.5, 0.6) is 0 Å². The molecule has 30 heavy (non-hydrogen) atoms. The summed E-state index contributed by atoms with van der Waals surface area (Å²) in [5, 5.41) is 6.47. The molecule has 0 aliphatic carbocycles. The Hall–Kier alpha value is -2.57. The molecule has 2 aromatic rings. The molecule has 0 bridgehead atoms. The standard InChI is InChI=1S/C22H23Cl2N3O3/c23-18-12-17(13-19(24)14-18)22(30)27-10-6-16(7-11-27)21(29)26-9-8-25-20(28)15-4-2-1-3-5-15/h1-5,12-14,16H,6-11H2,(H,25,28)(H,26,29). The quantitative estimate of drug-likeness (QED) is 0.666. The Kier molecular flexibility index (Phi) is 7.71. The third-order valence-electron chi connectivity index (χ3n) is 5.01. The molecule has 2 aromatic carbocycles. The molecule has 1 heterocycles. The predicted molar refractivity (Wildman–Crippen MR) is 117 cm³/mol. The van der Waals surface area contributed by atoms with Crippen molar-refractivity contribution in [2.75, 3.05) is 26.2 Å². The minimum absolute atomic E-state index is 0.0538. The second-order valence-electron chi connectivity index (χ2n) is 7.14. The van der Waals surface area contributed by atoms with E-state index in [1.165, 1.54) is 0 Å². The number of hydrogen-bond donors (Lipinski definition) is 2. The molecule has 0 saturated carbocycles.